The van der Waals surface area contributed by atoms with Crippen LogP contribution in [-0.4, -0.2) is 24.5 Å². The first-order chi connectivity index (χ1) is 9.55. The van der Waals surface area contributed by atoms with E-state index in [9.17, 15) is 4.39 Å². The predicted octanol–water partition coefficient (Wildman–Crippen LogP) is 3.65. The Morgan fingerprint density at radius 2 is 2.05 bits per heavy atom. The summed E-state index contributed by atoms with van der Waals surface area (Å²) >= 11 is 0. The van der Waals surface area contributed by atoms with Crippen molar-refractivity contribution < 1.29 is 4.39 Å². The Kier molecular flexibility index (Phi) is 4.82. The number of nitrogens with two attached hydrogens (primary N) is 1. The zero-order chi connectivity index (χ0) is 14.8. The maximum absolute atomic E-state index is 13.4. The molecule has 1 unspecified atom stereocenters. The molecule has 1 aliphatic rings. The van der Waals surface area contributed by atoms with E-state index in [1.807, 2.05) is 19.1 Å². The minimum atomic E-state index is -0.137. The highest BCUT2D eigenvalue weighted by Crippen LogP contribution is 2.40. The Labute approximate surface area is 122 Å². The molecule has 1 saturated heterocycles. The Balaban J connectivity index is 2.19. The summed E-state index contributed by atoms with van der Waals surface area (Å²) in [6, 6.07) is 5.62. The minimum absolute atomic E-state index is 0.137. The summed E-state index contributed by atoms with van der Waals surface area (Å²) in [5.74, 6) is -0.137. The van der Waals surface area contributed by atoms with Gasteiger partial charge in [0, 0.05) is 19.1 Å². The van der Waals surface area contributed by atoms with Crippen LogP contribution in [0.1, 0.15) is 50.3 Å². The molecule has 2 nitrogen and oxygen atoms in total. The van der Waals surface area contributed by atoms with E-state index in [4.69, 9.17) is 5.73 Å². The van der Waals surface area contributed by atoms with Crippen LogP contribution >= 0.6 is 0 Å². The highest BCUT2D eigenvalue weighted by atomic mass is 19.1. The topological polar surface area (TPSA) is 29.3 Å². The maximum atomic E-state index is 13.4. The van der Waals surface area contributed by atoms with Gasteiger partial charge < -0.3 is 5.73 Å². The zero-order valence-corrected chi connectivity index (χ0v) is 13.0. The minimum Gasteiger partial charge on any atom is -0.329 e. The second-order valence-electron chi connectivity index (χ2n) is 6.19. The molecule has 1 aromatic rings. The smallest absolute Gasteiger partial charge is 0.126 e. The predicted molar refractivity (Wildman–Crippen MR) is 82.1 cm³/mol. The van der Waals surface area contributed by atoms with Crippen LogP contribution in [0, 0.1) is 18.2 Å². The number of likely N-dealkylation sites (tertiary alicyclic amines) is 1. The highest BCUT2D eigenvalue weighted by molar-refractivity contribution is 5.27. The van der Waals surface area contributed by atoms with Crippen molar-refractivity contribution in [2.24, 2.45) is 11.1 Å². The number of aryl methyl sites for hydroxylation is 1. The molecule has 1 aromatic carbocycles. The second-order valence-corrected chi connectivity index (χ2v) is 6.19. The standard InChI is InChI=1S/C17H27FN2/c1-4-17(5-2)8-9-20(12-17)16(11-19)14-6-7-15(18)13(3)10-14/h6-7,10,16H,4-5,8-9,11-12,19H2,1-3H3. The van der Waals surface area contributed by atoms with Gasteiger partial charge in [0.2, 0.25) is 0 Å². The lowest BCUT2D eigenvalue weighted by atomic mass is 9.82. The van der Waals surface area contributed by atoms with Crippen molar-refractivity contribution in [3.8, 4) is 0 Å². The fourth-order valence-electron chi connectivity index (χ4n) is 3.43. The quantitative estimate of drug-likeness (QED) is 0.891. The summed E-state index contributed by atoms with van der Waals surface area (Å²) in [4.78, 5) is 2.49. The summed E-state index contributed by atoms with van der Waals surface area (Å²) in [6.45, 7) is 9.19. The van der Waals surface area contributed by atoms with Crippen molar-refractivity contribution >= 4 is 0 Å². The fourth-order valence-corrected chi connectivity index (χ4v) is 3.43. The molecule has 1 atom stereocenters. The molecule has 2 rings (SSSR count). The highest BCUT2D eigenvalue weighted by Gasteiger charge is 2.37. The Morgan fingerprint density at radius 1 is 1.35 bits per heavy atom. The summed E-state index contributed by atoms with van der Waals surface area (Å²) in [6.07, 6.45) is 3.69. The number of rotatable bonds is 5. The molecule has 0 aliphatic carbocycles. The van der Waals surface area contributed by atoms with Crippen LogP contribution in [0.15, 0.2) is 18.2 Å². The SMILES string of the molecule is CCC1(CC)CCN(C(CN)c2ccc(F)c(C)c2)C1. The van der Waals surface area contributed by atoms with Crippen molar-refractivity contribution in [3.63, 3.8) is 0 Å². The lowest BCUT2D eigenvalue weighted by Gasteiger charge is -2.31. The number of hydrogen-bond donors (Lipinski definition) is 1. The molecular weight excluding hydrogens is 251 g/mol. The average Bonchev–Trinajstić information content (AvgIpc) is 2.88. The van der Waals surface area contributed by atoms with Crippen LogP contribution in [-0.2, 0) is 0 Å². The lowest BCUT2D eigenvalue weighted by Crippen LogP contribution is -2.34. The number of nitrogens with zero attached hydrogens (tertiary/aromatic N) is 1. The summed E-state index contributed by atoms with van der Waals surface area (Å²) in [7, 11) is 0. The van der Waals surface area contributed by atoms with Gasteiger partial charge in [0.15, 0.2) is 0 Å². The van der Waals surface area contributed by atoms with Gasteiger partial charge in [-0.2, -0.15) is 0 Å². The maximum Gasteiger partial charge on any atom is 0.126 e. The van der Waals surface area contributed by atoms with E-state index in [1.54, 1.807) is 6.07 Å². The third-order valence-electron chi connectivity index (χ3n) is 5.20. The van der Waals surface area contributed by atoms with Gasteiger partial charge in [-0.3, -0.25) is 4.90 Å². The van der Waals surface area contributed by atoms with Gasteiger partial charge in [-0.1, -0.05) is 26.0 Å². The molecule has 112 valence electrons. The lowest BCUT2D eigenvalue weighted by molar-refractivity contribution is 0.197. The first-order valence-corrected chi connectivity index (χ1v) is 7.75. The van der Waals surface area contributed by atoms with Crippen molar-refractivity contribution in [1.29, 1.82) is 0 Å². The molecule has 0 radical (unpaired) electrons. The summed E-state index contributed by atoms with van der Waals surface area (Å²) < 4.78 is 13.4. The molecule has 3 heteroatoms. The van der Waals surface area contributed by atoms with Crippen molar-refractivity contribution in [2.45, 2.75) is 46.1 Å². The Hall–Kier alpha value is -0.930. The van der Waals surface area contributed by atoms with Crippen LogP contribution in [0.4, 0.5) is 4.39 Å². The Morgan fingerprint density at radius 3 is 2.55 bits per heavy atom. The first kappa shape index (κ1) is 15.5. The molecule has 0 bridgehead atoms. The van der Waals surface area contributed by atoms with E-state index >= 15 is 0 Å². The molecular formula is C17H27FN2. The van der Waals surface area contributed by atoms with Gasteiger partial charge in [-0.05, 0) is 55.3 Å². The molecule has 0 amide bonds. The summed E-state index contributed by atoms with van der Waals surface area (Å²) in [5, 5.41) is 0. The zero-order valence-electron chi connectivity index (χ0n) is 13.0. The van der Waals surface area contributed by atoms with E-state index in [2.05, 4.69) is 18.7 Å². The molecule has 1 fully saturated rings. The molecule has 1 heterocycles. The van der Waals surface area contributed by atoms with Gasteiger partial charge in [0.25, 0.3) is 0 Å². The molecule has 1 aliphatic heterocycles. The van der Waals surface area contributed by atoms with E-state index < -0.39 is 0 Å². The van der Waals surface area contributed by atoms with Crippen molar-refractivity contribution in [1.82, 2.24) is 4.90 Å². The van der Waals surface area contributed by atoms with Gasteiger partial charge in [-0.15, -0.1) is 0 Å². The number of halogens is 1. The van der Waals surface area contributed by atoms with Crippen LogP contribution in [0.3, 0.4) is 0 Å². The monoisotopic (exact) mass is 278 g/mol. The molecule has 0 saturated carbocycles. The third kappa shape index (κ3) is 2.89. The van der Waals surface area contributed by atoms with Gasteiger partial charge in [-0.25, -0.2) is 4.39 Å². The molecule has 2 N–H and O–H groups in total. The normalized spacial score (nSPS) is 20.2. The van der Waals surface area contributed by atoms with Crippen LogP contribution < -0.4 is 5.73 Å². The summed E-state index contributed by atoms with van der Waals surface area (Å²) in [5.41, 5.74) is 8.31. The van der Waals surface area contributed by atoms with E-state index in [-0.39, 0.29) is 11.9 Å². The Bertz CT molecular complexity index is 454. The molecule has 0 aromatic heterocycles. The van der Waals surface area contributed by atoms with E-state index in [1.165, 1.54) is 19.3 Å². The van der Waals surface area contributed by atoms with Gasteiger partial charge in [0.05, 0.1) is 0 Å². The average molecular weight is 278 g/mol. The van der Waals surface area contributed by atoms with Crippen molar-refractivity contribution in [2.75, 3.05) is 19.6 Å². The van der Waals surface area contributed by atoms with Crippen LogP contribution in [0.2, 0.25) is 0 Å². The van der Waals surface area contributed by atoms with E-state index in [0.29, 0.717) is 17.5 Å². The molecule has 0 spiro atoms. The van der Waals surface area contributed by atoms with Crippen LogP contribution in [0.25, 0.3) is 0 Å². The van der Waals surface area contributed by atoms with Crippen molar-refractivity contribution in [3.05, 3.63) is 35.1 Å². The van der Waals surface area contributed by atoms with Gasteiger partial charge in [0.1, 0.15) is 5.82 Å². The fraction of sp³-hybridized carbons (Fsp3) is 0.647. The van der Waals surface area contributed by atoms with Gasteiger partial charge >= 0.3 is 0 Å². The first-order valence-electron chi connectivity index (χ1n) is 7.75. The number of benzene rings is 1. The number of hydrogen-bond acceptors (Lipinski definition) is 2. The third-order valence-corrected chi connectivity index (χ3v) is 5.20. The largest absolute Gasteiger partial charge is 0.329 e. The molecule has 20 heavy (non-hydrogen) atoms. The van der Waals surface area contributed by atoms with E-state index in [0.717, 1.165) is 18.7 Å². The second kappa shape index (κ2) is 6.23. The van der Waals surface area contributed by atoms with Crippen LogP contribution in [0.5, 0.6) is 0 Å².